The molecule has 1 heterocycles. The predicted molar refractivity (Wildman–Crippen MR) is 73.7 cm³/mol. The fraction of sp³-hybridized carbons (Fsp3) is 0.467. The van der Waals surface area contributed by atoms with Gasteiger partial charge < -0.3 is 10.2 Å². The molecule has 1 aromatic carbocycles. The van der Waals surface area contributed by atoms with E-state index in [1.165, 1.54) is 0 Å². The van der Waals surface area contributed by atoms with E-state index < -0.39 is 12.7 Å². The maximum atomic E-state index is 12.6. The maximum Gasteiger partial charge on any atom is 0.250 e. The molecule has 0 saturated carbocycles. The van der Waals surface area contributed by atoms with Crippen molar-refractivity contribution in [3.8, 4) is 0 Å². The molecule has 2 unspecified atom stereocenters. The summed E-state index contributed by atoms with van der Waals surface area (Å²) in [6, 6.07) is 8.26. The van der Waals surface area contributed by atoms with Crippen LogP contribution in [0.15, 0.2) is 30.3 Å². The molecular formula is C15H19FN2O2. The zero-order valence-corrected chi connectivity index (χ0v) is 11.5. The Balaban J connectivity index is 2.26. The summed E-state index contributed by atoms with van der Waals surface area (Å²) in [4.78, 5) is 26.1. The fourth-order valence-electron chi connectivity index (χ4n) is 2.48. The largest absolute Gasteiger partial charge is 0.340 e. The third kappa shape index (κ3) is 3.15. The zero-order valence-electron chi connectivity index (χ0n) is 11.5. The number of carbonyl (C=O) groups is 2. The normalized spacial score (nSPS) is 23.4. The third-order valence-corrected chi connectivity index (χ3v) is 3.51. The van der Waals surface area contributed by atoms with Crippen molar-refractivity contribution >= 4 is 11.8 Å². The lowest BCUT2D eigenvalue weighted by Crippen LogP contribution is -2.42. The highest BCUT2D eigenvalue weighted by Crippen LogP contribution is 2.22. The van der Waals surface area contributed by atoms with Crippen LogP contribution in [-0.2, 0) is 9.59 Å². The molecule has 5 heteroatoms. The van der Waals surface area contributed by atoms with Crippen LogP contribution >= 0.6 is 0 Å². The molecule has 108 valence electrons. The van der Waals surface area contributed by atoms with Gasteiger partial charge in [0.2, 0.25) is 11.8 Å². The summed E-state index contributed by atoms with van der Waals surface area (Å²) in [7, 11) is 0. The number of alkyl halides is 1. The maximum absolute atomic E-state index is 12.6. The molecule has 1 aromatic rings. The highest BCUT2D eigenvalue weighted by atomic mass is 19.1. The minimum atomic E-state index is -0.673. The minimum Gasteiger partial charge on any atom is -0.340 e. The van der Waals surface area contributed by atoms with E-state index in [4.69, 9.17) is 0 Å². The van der Waals surface area contributed by atoms with Gasteiger partial charge in [-0.25, -0.2) is 0 Å². The number of nitrogens with zero attached hydrogens (tertiary/aromatic N) is 1. The van der Waals surface area contributed by atoms with Crippen LogP contribution in [0.2, 0.25) is 0 Å². The SMILES string of the molecule is CC1CC(=O)NC(c2ccccc2)C(=O)N1CCCF. The predicted octanol–water partition coefficient (Wildman–Crippen LogP) is 1.82. The molecule has 2 amide bonds. The van der Waals surface area contributed by atoms with Crippen molar-refractivity contribution in [1.82, 2.24) is 10.2 Å². The highest BCUT2D eigenvalue weighted by molar-refractivity contribution is 5.91. The van der Waals surface area contributed by atoms with Gasteiger partial charge in [0, 0.05) is 19.0 Å². The lowest BCUT2D eigenvalue weighted by atomic mass is 10.1. The van der Waals surface area contributed by atoms with Crippen molar-refractivity contribution in [3.63, 3.8) is 0 Å². The second kappa shape index (κ2) is 6.50. The fourth-order valence-corrected chi connectivity index (χ4v) is 2.48. The van der Waals surface area contributed by atoms with Crippen molar-refractivity contribution in [1.29, 1.82) is 0 Å². The summed E-state index contributed by atoms with van der Waals surface area (Å²) >= 11 is 0. The van der Waals surface area contributed by atoms with E-state index in [0.29, 0.717) is 13.0 Å². The summed E-state index contributed by atoms with van der Waals surface area (Å²) in [5.74, 6) is -0.314. The van der Waals surface area contributed by atoms with Crippen LogP contribution in [0.4, 0.5) is 4.39 Å². The molecule has 0 aromatic heterocycles. The summed E-state index contributed by atoms with van der Waals surface area (Å²) in [6.45, 7) is 1.70. The number of nitrogens with one attached hydrogen (secondary N) is 1. The molecule has 0 radical (unpaired) electrons. The summed E-state index contributed by atoms with van der Waals surface area (Å²) in [5.41, 5.74) is 0.755. The second-order valence-corrected chi connectivity index (χ2v) is 5.04. The van der Waals surface area contributed by atoms with Gasteiger partial charge >= 0.3 is 0 Å². The van der Waals surface area contributed by atoms with Crippen LogP contribution in [0, 0.1) is 0 Å². The van der Waals surface area contributed by atoms with Gasteiger partial charge in [0.1, 0.15) is 6.04 Å². The van der Waals surface area contributed by atoms with Crippen LogP contribution in [0.1, 0.15) is 31.4 Å². The van der Waals surface area contributed by atoms with E-state index >= 15 is 0 Å². The molecule has 0 bridgehead atoms. The first-order valence-electron chi connectivity index (χ1n) is 6.84. The van der Waals surface area contributed by atoms with Gasteiger partial charge in [-0.05, 0) is 18.9 Å². The summed E-state index contributed by atoms with van der Waals surface area (Å²) < 4.78 is 12.4. The highest BCUT2D eigenvalue weighted by Gasteiger charge is 2.34. The van der Waals surface area contributed by atoms with E-state index in [1.807, 2.05) is 37.3 Å². The second-order valence-electron chi connectivity index (χ2n) is 5.04. The molecule has 1 N–H and O–H groups in total. The van der Waals surface area contributed by atoms with E-state index in [1.54, 1.807) is 4.90 Å². The Hall–Kier alpha value is -1.91. The number of hydrogen-bond acceptors (Lipinski definition) is 2. The number of hydrogen-bond donors (Lipinski definition) is 1. The molecule has 1 aliphatic rings. The van der Waals surface area contributed by atoms with Gasteiger partial charge in [0.15, 0.2) is 0 Å². The van der Waals surface area contributed by atoms with Crippen molar-refractivity contribution in [3.05, 3.63) is 35.9 Å². The van der Waals surface area contributed by atoms with Crippen LogP contribution in [-0.4, -0.2) is 36.0 Å². The molecular weight excluding hydrogens is 259 g/mol. The van der Waals surface area contributed by atoms with Gasteiger partial charge in [0.05, 0.1) is 6.67 Å². The number of amides is 2. The van der Waals surface area contributed by atoms with Gasteiger partial charge in [-0.1, -0.05) is 30.3 Å². The van der Waals surface area contributed by atoms with Crippen LogP contribution in [0.3, 0.4) is 0 Å². The number of halogens is 1. The monoisotopic (exact) mass is 278 g/mol. The molecule has 1 fully saturated rings. The first kappa shape index (κ1) is 14.5. The summed E-state index contributed by atoms with van der Waals surface area (Å²) in [5, 5.41) is 2.76. The number of benzene rings is 1. The Morgan fingerprint density at radius 1 is 1.30 bits per heavy atom. The quantitative estimate of drug-likeness (QED) is 0.913. The van der Waals surface area contributed by atoms with Crippen molar-refractivity contribution < 1.29 is 14.0 Å². The Kier molecular flexibility index (Phi) is 4.71. The van der Waals surface area contributed by atoms with Gasteiger partial charge in [-0.15, -0.1) is 0 Å². The lowest BCUT2D eigenvalue weighted by molar-refractivity contribution is -0.135. The van der Waals surface area contributed by atoms with Crippen molar-refractivity contribution in [2.45, 2.75) is 31.8 Å². The van der Waals surface area contributed by atoms with Crippen LogP contribution < -0.4 is 5.32 Å². The van der Waals surface area contributed by atoms with Gasteiger partial charge in [0.25, 0.3) is 0 Å². The summed E-state index contributed by atoms with van der Waals surface area (Å²) in [6.07, 6.45) is 0.549. The Labute approximate surface area is 118 Å². The third-order valence-electron chi connectivity index (χ3n) is 3.51. The molecule has 2 atom stereocenters. The molecule has 0 aliphatic carbocycles. The molecule has 0 spiro atoms. The minimum absolute atomic E-state index is 0.151. The van der Waals surface area contributed by atoms with E-state index in [0.717, 1.165) is 5.56 Å². The average Bonchev–Trinajstić information content (AvgIpc) is 2.55. The Morgan fingerprint density at radius 3 is 2.65 bits per heavy atom. The topological polar surface area (TPSA) is 49.4 Å². The molecule has 20 heavy (non-hydrogen) atoms. The Bertz CT molecular complexity index is 478. The van der Waals surface area contributed by atoms with E-state index in [9.17, 15) is 14.0 Å². The van der Waals surface area contributed by atoms with E-state index in [-0.39, 0.29) is 24.3 Å². The molecule has 2 rings (SSSR count). The van der Waals surface area contributed by atoms with Crippen molar-refractivity contribution in [2.75, 3.05) is 13.2 Å². The van der Waals surface area contributed by atoms with Crippen LogP contribution in [0.5, 0.6) is 0 Å². The first-order valence-corrected chi connectivity index (χ1v) is 6.84. The lowest BCUT2D eigenvalue weighted by Gasteiger charge is -2.28. The van der Waals surface area contributed by atoms with Gasteiger partial charge in [-0.3, -0.25) is 14.0 Å². The van der Waals surface area contributed by atoms with Crippen LogP contribution in [0.25, 0.3) is 0 Å². The standard InChI is InChI=1S/C15H19FN2O2/c1-11-10-13(19)17-14(12-6-3-2-4-7-12)15(20)18(11)9-5-8-16/h2-4,6-7,11,14H,5,8-10H2,1H3,(H,17,19). The Morgan fingerprint density at radius 2 is 2.00 bits per heavy atom. The smallest absolute Gasteiger partial charge is 0.250 e. The molecule has 4 nitrogen and oxygen atoms in total. The molecule has 1 aliphatic heterocycles. The zero-order chi connectivity index (χ0) is 14.5. The van der Waals surface area contributed by atoms with Crippen molar-refractivity contribution in [2.24, 2.45) is 0 Å². The van der Waals surface area contributed by atoms with E-state index in [2.05, 4.69) is 5.32 Å². The number of rotatable bonds is 4. The van der Waals surface area contributed by atoms with Gasteiger partial charge in [-0.2, -0.15) is 0 Å². The number of carbonyl (C=O) groups excluding carboxylic acids is 2. The first-order chi connectivity index (χ1) is 9.63. The average molecular weight is 278 g/mol. The molecule has 1 saturated heterocycles.